The van der Waals surface area contributed by atoms with Gasteiger partial charge < -0.3 is 24.6 Å². The van der Waals surface area contributed by atoms with E-state index < -0.39 is 18.0 Å². The van der Waals surface area contributed by atoms with Crippen LogP contribution in [0.1, 0.15) is 53.1 Å². The number of aliphatic carboxylic acids is 1. The molecule has 182 valence electrons. The van der Waals surface area contributed by atoms with E-state index in [2.05, 4.69) is 22.6 Å². The van der Waals surface area contributed by atoms with Crippen molar-refractivity contribution in [1.82, 2.24) is 15.4 Å². The highest BCUT2D eigenvalue weighted by atomic mass is 16.5. The number of carboxylic acids is 1. The number of hydrogen-bond acceptors (Lipinski definition) is 6. The molecule has 0 saturated heterocycles. The number of alkyl carbamates (subject to hydrolysis) is 1. The minimum atomic E-state index is -0.980. The summed E-state index contributed by atoms with van der Waals surface area (Å²) in [6.07, 6.45) is -0.0793. The predicted octanol–water partition coefficient (Wildman–Crippen LogP) is 4.04. The molecule has 0 fully saturated rings. The number of amides is 2. The number of benzene rings is 2. The zero-order valence-corrected chi connectivity index (χ0v) is 19.4. The predicted molar refractivity (Wildman–Crippen MR) is 127 cm³/mol. The molecule has 2 N–H and O–H groups in total. The van der Waals surface area contributed by atoms with Gasteiger partial charge in [0.05, 0.1) is 13.0 Å². The van der Waals surface area contributed by atoms with Crippen molar-refractivity contribution < 1.29 is 28.8 Å². The Hall–Kier alpha value is -4.14. The summed E-state index contributed by atoms with van der Waals surface area (Å²) < 4.78 is 10.7. The molecule has 2 aromatic carbocycles. The quantitative estimate of drug-likeness (QED) is 0.452. The van der Waals surface area contributed by atoms with Crippen LogP contribution in [0.25, 0.3) is 11.1 Å². The first-order valence-corrected chi connectivity index (χ1v) is 11.5. The molecule has 1 heterocycles. The highest BCUT2D eigenvalue weighted by Gasteiger charge is 2.29. The summed E-state index contributed by atoms with van der Waals surface area (Å²) in [4.78, 5) is 37.3. The zero-order chi connectivity index (χ0) is 24.8. The van der Waals surface area contributed by atoms with Gasteiger partial charge in [0.2, 0.25) is 0 Å². The van der Waals surface area contributed by atoms with Gasteiger partial charge in [0.25, 0.3) is 5.91 Å². The molecule has 0 bridgehead atoms. The van der Waals surface area contributed by atoms with Crippen molar-refractivity contribution in [3.63, 3.8) is 0 Å². The molecule has 0 aliphatic heterocycles. The van der Waals surface area contributed by atoms with Crippen LogP contribution in [0.2, 0.25) is 0 Å². The number of ether oxygens (including phenoxy) is 1. The van der Waals surface area contributed by atoms with Gasteiger partial charge >= 0.3 is 12.1 Å². The summed E-state index contributed by atoms with van der Waals surface area (Å²) in [5.74, 6) is -1.15. The molecule has 9 heteroatoms. The van der Waals surface area contributed by atoms with Crippen molar-refractivity contribution >= 4 is 18.0 Å². The zero-order valence-electron chi connectivity index (χ0n) is 19.4. The van der Waals surface area contributed by atoms with Crippen molar-refractivity contribution in [1.29, 1.82) is 0 Å². The number of nitrogens with one attached hydrogen (secondary N) is 1. The van der Waals surface area contributed by atoms with E-state index in [0.29, 0.717) is 13.0 Å². The van der Waals surface area contributed by atoms with Gasteiger partial charge in [0.15, 0.2) is 11.5 Å². The second-order valence-electron chi connectivity index (χ2n) is 8.29. The smallest absolute Gasteiger partial charge is 0.407 e. The molecule has 3 aromatic rings. The monoisotopic (exact) mass is 477 g/mol. The Morgan fingerprint density at radius 3 is 2.34 bits per heavy atom. The van der Waals surface area contributed by atoms with E-state index in [4.69, 9.17) is 14.4 Å². The molecule has 4 rings (SSSR count). The summed E-state index contributed by atoms with van der Waals surface area (Å²) in [7, 11) is 0. The number of rotatable bonds is 10. The molecule has 9 nitrogen and oxygen atoms in total. The van der Waals surface area contributed by atoms with Crippen LogP contribution in [0.15, 0.2) is 59.1 Å². The summed E-state index contributed by atoms with van der Waals surface area (Å²) in [5, 5.41) is 15.3. The lowest BCUT2D eigenvalue weighted by atomic mass is 9.98. The number of hydrogen-bond donors (Lipinski definition) is 2. The molecule has 0 radical (unpaired) electrons. The number of carbonyl (C=O) groups is 3. The summed E-state index contributed by atoms with van der Waals surface area (Å²) in [6, 6.07) is 17.6. The van der Waals surface area contributed by atoms with E-state index in [1.54, 1.807) is 0 Å². The standard InChI is InChI=1S/C26H27N3O6/c1-2-12-29(13-11-24(30)31)25(32)23-14-17(35-28-23)15-27-26(33)34-16-22-20-9-5-3-7-18(20)19-8-4-6-10-21(19)22/h3-10,14,22H,2,11-13,15-16H2,1H3,(H,27,33)(H,30,31). The van der Waals surface area contributed by atoms with Crippen molar-refractivity contribution in [3.8, 4) is 11.1 Å². The molecule has 0 saturated carbocycles. The van der Waals surface area contributed by atoms with Crippen molar-refractivity contribution in [2.75, 3.05) is 19.7 Å². The average molecular weight is 478 g/mol. The molecule has 0 atom stereocenters. The molecule has 35 heavy (non-hydrogen) atoms. The van der Waals surface area contributed by atoms with Crippen LogP contribution in [0.4, 0.5) is 4.79 Å². The van der Waals surface area contributed by atoms with Gasteiger partial charge in [-0.05, 0) is 28.7 Å². The third kappa shape index (κ3) is 5.51. The number of carboxylic acid groups (broad SMARTS) is 1. The lowest BCUT2D eigenvalue weighted by Gasteiger charge is -2.19. The molecule has 1 aliphatic carbocycles. The van der Waals surface area contributed by atoms with Crippen molar-refractivity contribution in [2.24, 2.45) is 0 Å². The van der Waals surface area contributed by atoms with Crippen LogP contribution < -0.4 is 5.32 Å². The Kier molecular flexibility index (Phi) is 7.45. The number of aromatic nitrogens is 1. The van der Waals surface area contributed by atoms with Gasteiger partial charge in [0, 0.05) is 25.1 Å². The lowest BCUT2D eigenvalue weighted by Crippen LogP contribution is -2.34. The SMILES string of the molecule is CCCN(CCC(=O)O)C(=O)c1cc(CNC(=O)OCC2c3ccccc3-c3ccccc32)on1. The van der Waals surface area contributed by atoms with E-state index in [-0.39, 0.29) is 43.5 Å². The Morgan fingerprint density at radius 2 is 1.71 bits per heavy atom. The molecular formula is C26H27N3O6. The van der Waals surface area contributed by atoms with Gasteiger partial charge in [-0.25, -0.2) is 4.79 Å². The Balaban J connectivity index is 1.31. The van der Waals surface area contributed by atoms with E-state index in [1.807, 2.05) is 43.3 Å². The van der Waals surface area contributed by atoms with E-state index >= 15 is 0 Å². The fourth-order valence-corrected chi connectivity index (χ4v) is 4.28. The highest BCUT2D eigenvalue weighted by molar-refractivity contribution is 5.92. The Bertz CT molecular complexity index is 1180. The van der Waals surface area contributed by atoms with Gasteiger partial charge in [0.1, 0.15) is 6.61 Å². The van der Waals surface area contributed by atoms with E-state index in [0.717, 1.165) is 22.3 Å². The first-order valence-electron chi connectivity index (χ1n) is 11.5. The Labute approximate surface area is 202 Å². The van der Waals surface area contributed by atoms with Crippen LogP contribution in [0, 0.1) is 0 Å². The fourth-order valence-electron chi connectivity index (χ4n) is 4.28. The maximum absolute atomic E-state index is 12.6. The first kappa shape index (κ1) is 24.0. The largest absolute Gasteiger partial charge is 0.481 e. The van der Waals surface area contributed by atoms with Crippen LogP contribution >= 0.6 is 0 Å². The van der Waals surface area contributed by atoms with Gasteiger partial charge in [-0.3, -0.25) is 9.59 Å². The summed E-state index contributed by atoms with van der Waals surface area (Å²) >= 11 is 0. The van der Waals surface area contributed by atoms with Crippen LogP contribution in [-0.2, 0) is 16.1 Å². The van der Waals surface area contributed by atoms with E-state index in [1.165, 1.54) is 11.0 Å². The maximum Gasteiger partial charge on any atom is 0.407 e. The molecule has 1 aliphatic rings. The molecular weight excluding hydrogens is 450 g/mol. The third-order valence-corrected chi connectivity index (χ3v) is 5.91. The first-order chi connectivity index (χ1) is 17.0. The molecule has 1 aromatic heterocycles. The minimum absolute atomic E-state index is 0.000141. The number of carbonyl (C=O) groups excluding carboxylic acids is 2. The topological polar surface area (TPSA) is 122 Å². The fraction of sp³-hybridized carbons (Fsp3) is 0.308. The number of nitrogens with zero attached hydrogens (tertiary/aromatic N) is 2. The Morgan fingerprint density at radius 1 is 1.06 bits per heavy atom. The van der Waals surface area contributed by atoms with Crippen molar-refractivity contribution in [3.05, 3.63) is 77.2 Å². The van der Waals surface area contributed by atoms with E-state index in [9.17, 15) is 14.4 Å². The highest BCUT2D eigenvalue weighted by Crippen LogP contribution is 2.44. The molecule has 0 spiro atoms. The van der Waals surface area contributed by atoms with Gasteiger partial charge in [-0.1, -0.05) is 60.6 Å². The summed E-state index contributed by atoms with van der Waals surface area (Å²) in [5.41, 5.74) is 4.61. The third-order valence-electron chi connectivity index (χ3n) is 5.91. The summed E-state index contributed by atoms with van der Waals surface area (Å²) in [6.45, 7) is 2.58. The normalized spacial score (nSPS) is 12.0. The van der Waals surface area contributed by atoms with Gasteiger partial charge in [-0.2, -0.15) is 0 Å². The molecule has 0 unspecified atom stereocenters. The minimum Gasteiger partial charge on any atom is -0.481 e. The lowest BCUT2D eigenvalue weighted by molar-refractivity contribution is -0.137. The van der Waals surface area contributed by atoms with Crippen molar-refractivity contribution in [2.45, 2.75) is 32.2 Å². The average Bonchev–Trinajstić information content (AvgIpc) is 3.46. The van der Waals surface area contributed by atoms with Crippen LogP contribution in [0.5, 0.6) is 0 Å². The van der Waals surface area contributed by atoms with Gasteiger partial charge in [-0.15, -0.1) is 0 Å². The van der Waals surface area contributed by atoms with Crippen LogP contribution in [0.3, 0.4) is 0 Å². The number of fused-ring (bicyclic) bond motifs is 3. The second-order valence-corrected chi connectivity index (χ2v) is 8.29. The molecule has 2 amide bonds. The van der Waals surface area contributed by atoms with Crippen LogP contribution in [-0.4, -0.2) is 52.8 Å². The second kappa shape index (κ2) is 10.9. The maximum atomic E-state index is 12.6.